The predicted molar refractivity (Wildman–Crippen MR) is 71.1 cm³/mol. The number of unbranched alkanes of at least 4 members (excludes halogenated alkanes) is 1. The number of benzene rings is 1. The summed E-state index contributed by atoms with van der Waals surface area (Å²) < 4.78 is 0. The standard InChI is InChI=1S/C12H14N3O5/c13-6-2-1-3-9(8-16)11-5-4-10(14(17)18)7-12(11)15(19)20/h4-5,7,9H,1-3,6,13H2/t9-/m1/s1. The molecule has 1 radical (unpaired) electrons. The lowest BCUT2D eigenvalue weighted by Crippen LogP contribution is -2.06. The average molecular weight is 280 g/mol. The van der Waals surface area contributed by atoms with Crippen molar-refractivity contribution in [2.75, 3.05) is 6.54 Å². The molecule has 2 N–H and O–H groups in total. The number of non-ortho nitro benzene ring substituents is 1. The molecular formula is C12H14N3O5. The van der Waals surface area contributed by atoms with Crippen molar-refractivity contribution in [3.63, 3.8) is 0 Å². The minimum atomic E-state index is -0.775. The zero-order valence-corrected chi connectivity index (χ0v) is 10.7. The van der Waals surface area contributed by atoms with Crippen LogP contribution in [0.25, 0.3) is 0 Å². The second-order valence-corrected chi connectivity index (χ2v) is 4.21. The average Bonchev–Trinajstić information content (AvgIpc) is 2.43. The number of hydrogen-bond donors (Lipinski definition) is 1. The lowest BCUT2D eigenvalue weighted by Gasteiger charge is -2.09. The van der Waals surface area contributed by atoms with Gasteiger partial charge in [-0.25, -0.2) is 0 Å². The third-order valence-electron chi connectivity index (χ3n) is 2.89. The Bertz CT molecular complexity index is 518. The van der Waals surface area contributed by atoms with Crippen molar-refractivity contribution in [3.05, 3.63) is 44.0 Å². The van der Waals surface area contributed by atoms with Gasteiger partial charge in [0.25, 0.3) is 11.4 Å². The number of nitro groups is 2. The Morgan fingerprint density at radius 2 is 1.90 bits per heavy atom. The predicted octanol–water partition coefficient (Wildman–Crippen LogP) is 1.83. The monoisotopic (exact) mass is 280 g/mol. The van der Waals surface area contributed by atoms with E-state index < -0.39 is 21.5 Å². The maximum atomic E-state index is 11.0. The van der Waals surface area contributed by atoms with Gasteiger partial charge in [-0.1, -0.05) is 6.42 Å². The van der Waals surface area contributed by atoms with Crippen LogP contribution in [-0.2, 0) is 4.79 Å². The summed E-state index contributed by atoms with van der Waals surface area (Å²) in [5.74, 6) is -0.775. The zero-order chi connectivity index (χ0) is 15.1. The van der Waals surface area contributed by atoms with Crippen molar-refractivity contribution >= 4 is 17.7 Å². The maximum Gasteiger partial charge on any atom is 0.280 e. The first-order valence-corrected chi connectivity index (χ1v) is 6.01. The van der Waals surface area contributed by atoms with Crippen molar-refractivity contribution in [1.82, 2.24) is 0 Å². The summed E-state index contributed by atoms with van der Waals surface area (Å²) in [5.41, 5.74) is 4.68. The number of nitro benzene ring substituents is 2. The van der Waals surface area contributed by atoms with E-state index in [1.54, 1.807) is 6.29 Å². The molecule has 0 heterocycles. The van der Waals surface area contributed by atoms with Crippen molar-refractivity contribution in [1.29, 1.82) is 0 Å². The summed E-state index contributed by atoms with van der Waals surface area (Å²) in [6, 6.07) is 3.26. The Hall–Kier alpha value is -2.35. The van der Waals surface area contributed by atoms with Gasteiger partial charge in [0.2, 0.25) is 6.29 Å². The number of hydrogen-bond acceptors (Lipinski definition) is 6. The molecule has 0 unspecified atom stereocenters. The van der Waals surface area contributed by atoms with Crippen LogP contribution in [0, 0.1) is 20.2 Å². The zero-order valence-electron chi connectivity index (χ0n) is 10.7. The van der Waals surface area contributed by atoms with Gasteiger partial charge in [-0.2, -0.15) is 0 Å². The van der Waals surface area contributed by atoms with Gasteiger partial charge in [0, 0.05) is 11.6 Å². The van der Waals surface area contributed by atoms with Gasteiger partial charge in [0.1, 0.15) is 0 Å². The smallest absolute Gasteiger partial charge is 0.280 e. The summed E-state index contributed by atoms with van der Waals surface area (Å²) in [5, 5.41) is 21.6. The maximum absolute atomic E-state index is 11.0. The summed E-state index contributed by atoms with van der Waals surface area (Å²) in [4.78, 5) is 31.1. The topological polar surface area (TPSA) is 129 Å². The van der Waals surface area contributed by atoms with Crippen LogP contribution in [0.5, 0.6) is 0 Å². The number of rotatable bonds is 8. The largest absolute Gasteiger partial charge is 0.330 e. The number of carbonyl (C=O) groups excluding carboxylic acids is 1. The molecule has 0 fully saturated rings. The van der Waals surface area contributed by atoms with Crippen LogP contribution < -0.4 is 5.73 Å². The highest BCUT2D eigenvalue weighted by atomic mass is 16.6. The Kier molecular flexibility index (Phi) is 5.73. The fourth-order valence-corrected chi connectivity index (χ4v) is 1.87. The van der Waals surface area contributed by atoms with E-state index in [0.29, 0.717) is 25.8 Å². The van der Waals surface area contributed by atoms with E-state index in [1.165, 1.54) is 6.07 Å². The minimum Gasteiger partial charge on any atom is -0.330 e. The summed E-state index contributed by atoms with van der Waals surface area (Å²) in [6.45, 7) is 0.466. The second-order valence-electron chi connectivity index (χ2n) is 4.21. The molecule has 1 rings (SSSR count). The highest BCUT2D eigenvalue weighted by molar-refractivity contribution is 5.67. The molecule has 1 aromatic carbocycles. The molecule has 0 aliphatic carbocycles. The van der Waals surface area contributed by atoms with Crippen LogP contribution in [0.15, 0.2) is 18.2 Å². The third kappa shape index (κ3) is 3.82. The molecule has 0 saturated heterocycles. The number of nitrogens with two attached hydrogens (primary N) is 1. The van der Waals surface area contributed by atoms with Gasteiger partial charge in [-0.15, -0.1) is 0 Å². The van der Waals surface area contributed by atoms with E-state index in [-0.39, 0.29) is 11.3 Å². The molecule has 0 amide bonds. The van der Waals surface area contributed by atoms with Gasteiger partial charge in [-0.05, 0) is 25.5 Å². The quantitative estimate of drug-likeness (QED) is 0.439. The normalized spacial score (nSPS) is 11.8. The SMILES string of the molecule is NCCCC[C@H]([C]=O)c1ccc([N+](=O)[O-])cc1[N+](=O)[O-]. The van der Waals surface area contributed by atoms with Gasteiger partial charge in [0.05, 0.1) is 21.8 Å². The Morgan fingerprint density at radius 1 is 1.20 bits per heavy atom. The van der Waals surface area contributed by atoms with E-state index in [1.807, 2.05) is 0 Å². The van der Waals surface area contributed by atoms with Crippen LogP contribution in [-0.4, -0.2) is 22.7 Å². The van der Waals surface area contributed by atoms with E-state index >= 15 is 0 Å². The molecule has 20 heavy (non-hydrogen) atoms. The van der Waals surface area contributed by atoms with Crippen molar-refractivity contribution in [3.8, 4) is 0 Å². The lowest BCUT2D eigenvalue weighted by molar-refractivity contribution is -0.394. The van der Waals surface area contributed by atoms with E-state index in [9.17, 15) is 25.0 Å². The molecule has 0 aliphatic rings. The molecule has 8 heteroatoms. The van der Waals surface area contributed by atoms with Crippen LogP contribution in [0.3, 0.4) is 0 Å². The highest BCUT2D eigenvalue weighted by Crippen LogP contribution is 2.32. The molecule has 0 aliphatic heterocycles. The van der Waals surface area contributed by atoms with E-state index in [0.717, 1.165) is 12.1 Å². The Balaban J connectivity index is 3.10. The highest BCUT2D eigenvalue weighted by Gasteiger charge is 2.25. The van der Waals surface area contributed by atoms with Crippen molar-refractivity contribution in [2.24, 2.45) is 5.73 Å². The second kappa shape index (κ2) is 7.29. The fraction of sp³-hybridized carbons (Fsp3) is 0.417. The summed E-state index contributed by atoms with van der Waals surface area (Å²) >= 11 is 0. The van der Waals surface area contributed by atoms with Gasteiger partial charge < -0.3 is 5.73 Å². The van der Waals surface area contributed by atoms with Crippen molar-refractivity contribution in [2.45, 2.75) is 25.2 Å². The summed E-state index contributed by atoms with van der Waals surface area (Å²) in [6.07, 6.45) is 3.45. The van der Waals surface area contributed by atoms with E-state index in [4.69, 9.17) is 5.73 Å². The third-order valence-corrected chi connectivity index (χ3v) is 2.89. The molecular weight excluding hydrogens is 266 g/mol. The molecule has 107 valence electrons. The van der Waals surface area contributed by atoms with E-state index in [2.05, 4.69) is 0 Å². The van der Waals surface area contributed by atoms with Crippen LogP contribution in [0.2, 0.25) is 0 Å². The van der Waals surface area contributed by atoms with Gasteiger partial charge in [-0.3, -0.25) is 25.0 Å². The molecule has 8 nitrogen and oxygen atoms in total. The Labute approximate surface area is 114 Å². The minimum absolute atomic E-state index is 0.146. The van der Waals surface area contributed by atoms with Crippen LogP contribution >= 0.6 is 0 Å². The first kappa shape index (κ1) is 15.7. The lowest BCUT2D eigenvalue weighted by atomic mass is 9.93. The van der Waals surface area contributed by atoms with Gasteiger partial charge in [0.15, 0.2) is 0 Å². The molecule has 1 aromatic rings. The first-order valence-electron chi connectivity index (χ1n) is 6.01. The molecule has 1 atom stereocenters. The van der Waals surface area contributed by atoms with Gasteiger partial charge >= 0.3 is 0 Å². The summed E-state index contributed by atoms with van der Waals surface area (Å²) in [7, 11) is 0. The number of nitrogens with zero attached hydrogens (tertiary/aromatic N) is 2. The fourth-order valence-electron chi connectivity index (χ4n) is 1.87. The molecule has 0 spiro atoms. The molecule has 0 saturated carbocycles. The molecule has 0 bridgehead atoms. The van der Waals surface area contributed by atoms with Crippen LogP contribution in [0.1, 0.15) is 30.7 Å². The molecule has 0 aromatic heterocycles. The Morgan fingerprint density at radius 3 is 2.40 bits per heavy atom. The van der Waals surface area contributed by atoms with Crippen LogP contribution in [0.4, 0.5) is 11.4 Å². The van der Waals surface area contributed by atoms with Crippen molar-refractivity contribution < 1.29 is 14.6 Å². The first-order chi connectivity index (χ1) is 9.51.